The highest BCUT2D eigenvalue weighted by Crippen LogP contribution is 2.39. The van der Waals surface area contributed by atoms with Crippen molar-refractivity contribution < 1.29 is 9.84 Å². The third-order valence-corrected chi connectivity index (χ3v) is 5.69. The predicted molar refractivity (Wildman–Crippen MR) is 126 cm³/mol. The van der Waals surface area contributed by atoms with Crippen LogP contribution in [0, 0.1) is 0 Å². The molecule has 31 heavy (non-hydrogen) atoms. The average Bonchev–Trinajstić information content (AvgIpc) is 3.32. The fourth-order valence-corrected chi connectivity index (χ4v) is 4.29. The number of hydrogen-bond donors (Lipinski definition) is 2. The van der Waals surface area contributed by atoms with Crippen LogP contribution in [0.15, 0.2) is 40.7 Å². The number of imidazole rings is 1. The van der Waals surface area contributed by atoms with E-state index in [0.29, 0.717) is 19.0 Å². The molecule has 164 valence electrons. The Balaban J connectivity index is 0.00000272. The van der Waals surface area contributed by atoms with E-state index in [-0.39, 0.29) is 20.1 Å². The molecule has 1 aromatic carbocycles. The molecule has 0 aliphatic carbocycles. The van der Waals surface area contributed by atoms with Gasteiger partial charge in [0.15, 0.2) is 10.8 Å². The van der Waals surface area contributed by atoms with Crippen LogP contribution in [-0.4, -0.2) is 51.1 Å². The number of ether oxygens (including phenoxy) is 1. The van der Waals surface area contributed by atoms with Crippen molar-refractivity contribution in [3.05, 3.63) is 40.6 Å². The number of nitrogens with zero attached hydrogens (tertiary/aromatic N) is 5. The summed E-state index contributed by atoms with van der Waals surface area (Å²) in [4.78, 5) is 19.2. The molecule has 0 amide bonds. The van der Waals surface area contributed by atoms with Crippen LogP contribution >= 0.6 is 11.3 Å². The molecule has 1 aliphatic rings. The zero-order chi connectivity index (χ0) is 21.1. The van der Waals surface area contributed by atoms with Gasteiger partial charge in [-0.25, -0.2) is 15.0 Å². The van der Waals surface area contributed by atoms with Crippen LogP contribution in [-0.2, 0) is 13.0 Å². The first kappa shape index (κ1) is 22.6. The Morgan fingerprint density at radius 2 is 2.26 bits per heavy atom. The molecule has 0 atom stereocenters. The van der Waals surface area contributed by atoms with E-state index in [1.54, 1.807) is 17.7 Å². The molecule has 3 aromatic rings. The van der Waals surface area contributed by atoms with Gasteiger partial charge in [0.25, 0.3) is 0 Å². The van der Waals surface area contributed by atoms with Crippen LogP contribution in [0.5, 0.6) is 5.75 Å². The van der Waals surface area contributed by atoms with E-state index in [2.05, 4.69) is 15.0 Å². The molecule has 3 N–H and O–H groups in total. The summed E-state index contributed by atoms with van der Waals surface area (Å²) in [5.41, 5.74) is 9.17. The zero-order valence-corrected chi connectivity index (χ0v) is 17.8. The smallest absolute Gasteiger partial charge is 0.185 e. The number of aliphatic imine (C=N–C) groups is 2. The minimum absolute atomic E-state index is 0. The van der Waals surface area contributed by atoms with Crippen molar-refractivity contribution in [2.75, 3.05) is 13.2 Å². The van der Waals surface area contributed by atoms with Gasteiger partial charge in [-0.15, -0.1) is 11.3 Å². The van der Waals surface area contributed by atoms with Gasteiger partial charge in [-0.1, -0.05) is 13.5 Å². The fraction of sp³-hybridized carbons (Fsp3) is 0.364. The molecule has 9 heteroatoms. The molecule has 0 bridgehead atoms. The molecule has 0 fully saturated rings. The van der Waals surface area contributed by atoms with E-state index < -0.39 is 0 Å². The second-order valence-corrected chi connectivity index (χ2v) is 8.23. The number of rotatable bonds is 5. The molecule has 1 aliphatic heterocycles. The quantitative estimate of drug-likeness (QED) is 0.467. The van der Waals surface area contributed by atoms with E-state index in [1.807, 2.05) is 42.8 Å². The van der Waals surface area contributed by atoms with Crippen molar-refractivity contribution >= 4 is 23.5 Å². The lowest BCUT2D eigenvalue weighted by Gasteiger charge is -2.08. The molecule has 8 nitrogen and oxygen atoms in total. The standard InChI is InChI=1S/C21H24N6O2S.CH4/c1-13(2)25-20(23-11-22)21-26-19-15-4-3-14(16-10-27(6-7-28)12-24-16)9-17(15)29-8-5-18(19)30-21;/h3-4,9-13,28H,5-8H2,1-2H3,(H2,22,23,25);1H4. The summed E-state index contributed by atoms with van der Waals surface area (Å²) in [6, 6.07) is 6.13. The molecule has 0 saturated carbocycles. The number of thiazole rings is 1. The molecule has 4 rings (SSSR count). The predicted octanol–water partition coefficient (Wildman–Crippen LogP) is 3.38. The number of aromatic nitrogens is 3. The number of nitrogens with two attached hydrogens (primary N) is 1. The van der Waals surface area contributed by atoms with Gasteiger partial charge in [0, 0.05) is 41.2 Å². The molecule has 0 radical (unpaired) electrons. The van der Waals surface area contributed by atoms with Crippen molar-refractivity contribution in [1.29, 1.82) is 0 Å². The maximum atomic E-state index is 9.11. The molecular weight excluding hydrogens is 412 g/mol. The van der Waals surface area contributed by atoms with E-state index in [1.165, 1.54) is 6.34 Å². The summed E-state index contributed by atoms with van der Waals surface area (Å²) >= 11 is 1.58. The zero-order valence-electron chi connectivity index (χ0n) is 16.9. The van der Waals surface area contributed by atoms with E-state index in [9.17, 15) is 0 Å². The Labute approximate surface area is 186 Å². The van der Waals surface area contributed by atoms with Gasteiger partial charge in [-0.3, -0.25) is 4.99 Å². The maximum absolute atomic E-state index is 9.11. The van der Waals surface area contributed by atoms with Crippen molar-refractivity contribution in [3.63, 3.8) is 0 Å². The minimum Gasteiger partial charge on any atom is -0.492 e. The van der Waals surface area contributed by atoms with Crippen LogP contribution in [0.3, 0.4) is 0 Å². The average molecular weight is 441 g/mol. The number of aliphatic hydroxyl groups excluding tert-OH is 1. The first-order valence-corrected chi connectivity index (χ1v) is 10.6. The highest BCUT2D eigenvalue weighted by molar-refractivity contribution is 7.14. The third kappa shape index (κ3) is 4.83. The van der Waals surface area contributed by atoms with E-state index >= 15 is 0 Å². The SMILES string of the molecule is C.CC(C)N=C(N=CN)c1nc2c(s1)CCOc1cc(-c3cn(CCO)cn3)ccc1-2. The van der Waals surface area contributed by atoms with Crippen LogP contribution in [0.25, 0.3) is 22.5 Å². The van der Waals surface area contributed by atoms with Gasteiger partial charge in [-0.2, -0.15) is 0 Å². The Bertz CT molecular complexity index is 1100. The van der Waals surface area contributed by atoms with Crippen molar-refractivity contribution in [2.24, 2.45) is 15.7 Å². The van der Waals surface area contributed by atoms with Crippen LogP contribution in [0.1, 0.15) is 31.2 Å². The van der Waals surface area contributed by atoms with Crippen LogP contribution in [0.2, 0.25) is 0 Å². The maximum Gasteiger partial charge on any atom is 0.185 e. The van der Waals surface area contributed by atoms with Crippen molar-refractivity contribution in [1.82, 2.24) is 14.5 Å². The number of aliphatic hydroxyl groups is 1. The van der Waals surface area contributed by atoms with Crippen molar-refractivity contribution in [3.8, 4) is 28.3 Å². The number of fused-ring (bicyclic) bond motifs is 3. The second kappa shape index (κ2) is 9.84. The van der Waals surface area contributed by atoms with Crippen LogP contribution < -0.4 is 10.5 Å². The summed E-state index contributed by atoms with van der Waals surface area (Å²) in [6.45, 7) is 5.16. The number of hydrogen-bond acceptors (Lipinski definition) is 6. The summed E-state index contributed by atoms with van der Waals surface area (Å²) in [5, 5.41) is 9.87. The minimum atomic E-state index is 0. The van der Waals surface area contributed by atoms with Crippen molar-refractivity contribution in [2.45, 2.75) is 40.3 Å². The number of benzene rings is 1. The lowest BCUT2D eigenvalue weighted by Crippen LogP contribution is -2.05. The van der Waals surface area contributed by atoms with Gasteiger partial charge in [-0.05, 0) is 26.0 Å². The summed E-state index contributed by atoms with van der Waals surface area (Å²) < 4.78 is 7.89. The lowest BCUT2D eigenvalue weighted by atomic mass is 10.1. The van der Waals surface area contributed by atoms with Gasteiger partial charge >= 0.3 is 0 Å². The Hall–Kier alpha value is -3.04. The Morgan fingerprint density at radius 3 is 3.00 bits per heavy atom. The molecule has 0 unspecified atom stereocenters. The van der Waals surface area contributed by atoms with Gasteiger partial charge in [0.1, 0.15) is 5.75 Å². The fourth-order valence-electron chi connectivity index (χ4n) is 3.28. The van der Waals surface area contributed by atoms with E-state index in [0.717, 1.165) is 44.6 Å². The Kier molecular flexibility index (Phi) is 7.19. The highest BCUT2D eigenvalue weighted by atomic mass is 32.1. The first-order valence-electron chi connectivity index (χ1n) is 9.81. The first-order chi connectivity index (χ1) is 14.6. The normalized spacial score (nSPS) is 13.5. The molecular formula is C22H28N6O2S. The van der Waals surface area contributed by atoms with E-state index in [4.69, 9.17) is 20.6 Å². The second-order valence-electron chi connectivity index (χ2n) is 7.15. The lowest BCUT2D eigenvalue weighted by molar-refractivity contribution is 0.276. The summed E-state index contributed by atoms with van der Waals surface area (Å²) in [6.07, 6.45) is 5.66. The highest BCUT2D eigenvalue weighted by Gasteiger charge is 2.23. The van der Waals surface area contributed by atoms with Crippen LogP contribution in [0.4, 0.5) is 0 Å². The van der Waals surface area contributed by atoms with Gasteiger partial charge in [0.2, 0.25) is 0 Å². The Morgan fingerprint density at radius 1 is 1.42 bits per heavy atom. The van der Waals surface area contributed by atoms with Gasteiger partial charge < -0.3 is 20.1 Å². The summed E-state index contributed by atoms with van der Waals surface area (Å²) in [5.74, 6) is 1.34. The third-order valence-electron chi connectivity index (χ3n) is 4.58. The topological polar surface area (TPSA) is 111 Å². The monoisotopic (exact) mass is 440 g/mol. The molecule has 3 heterocycles. The summed E-state index contributed by atoms with van der Waals surface area (Å²) in [7, 11) is 0. The molecule has 0 saturated heterocycles. The number of amidine groups is 1. The molecule has 0 spiro atoms. The van der Waals surface area contributed by atoms with Gasteiger partial charge in [0.05, 0.1) is 37.3 Å². The molecule has 2 aromatic heterocycles. The largest absolute Gasteiger partial charge is 0.492 e.